The Kier molecular flexibility index (Phi) is 6.92. The van der Waals surface area contributed by atoms with Crippen LogP contribution in [0.25, 0.3) is 11.3 Å². The molecular weight excluding hydrogens is 481 g/mol. The molecule has 9 heteroatoms. The number of ether oxygens (including phenoxy) is 1. The molecular formula is C27H28FN3O4S. The minimum Gasteiger partial charge on any atom is -0.444 e. The third kappa shape index (κ3) is 5.94. The molecule has 0 N–H and O–H groups in total. The monoisotopic (exact) mass is 509 g/mol. The molecule has 0 aliphatic heterocycles. The van der Waals surface area contributed by atoms with Crippen LogP contribution in [0.3, 0.4) is 0 Å². The number of hydrogen-bond donors (Lipinski definition) is 0. The molecule has 0 spiro atoms. The van der Waals surface area contributed by atoms with Gasteiger partial charge in [-0.1, -0.05) is 24.0 Å². The van der Waals surface area contributed by atoms with Gasteiger partial charge in [0.1, 0.15) is 16.3 Å². The fourth-order valence-electron chi connectivity index (χ4n) is 3.48. The van der Waals surface area contributed by atoms with Crippen molar-refractivity contribution in [1.82, 2.24) is 13.9 Å². The highest BCUT2D eigenvalue weighted by atomic mass is 32.2. The van der Waals surface area contributed by atoms with Crippen LogP contribution < -0.4 is 0 Å². The quantitative estimate of drug-likeness (QED) is 0.450. The van der Waals surface area contributed by atoms with E-state index < -0.39 is 27.5 Å². The van der Waals surface area contributed by atoms with Crippen molar-refractivity contribution in [3.8, 4) is 23.1 Å². The van der Waals surface area contributed by atoms with Crippen LogP contribution in [-0.2, 0) is 21.3 Å². The number of carbonyl (C=O) groups is 1. The van der Waals surface area contributed by atoms with Crippen LogP contribution in [0.1, 0.15) is 44.7 Å². The van der Waals surface area contributed by atoms with Crippen molar-refractivity contribution in [3.05, 3.63) is 71.9 Å². The van der Waals surface area contributed by atoms with Gasteiger partial charge < -0.3 is 9.64 Å². The molecule has 0 unspecified atom stereocenters. The van der Waals surface area contributed by atoms with Crippen molar-refractivity contribution >= 4 is 16.1 Å². The third-order valence-electron chi connectivity index (χ3n) is 5.39. The zero-order chi connectivity index (χ0) is 26.1. The maximum atomic E-state index is 14.8. The molecule has 1 aliphatic carbocycles. The Bertz CT molecular complexity index is 1460. The molecule has 7 nitrogen and oxygen atoms in total. The van der Waals surface area contributed by atoms with Gasteiger partial charge in [0.15, 0.2) is 0 Å². The lowest BCUT2D eigenvalue weighted by Crippen LogP contribution is -2.33. The molecule has 1 aliphatic rings. The molecule has 1 saturated carbocycles. The Hall–Kier alpha value is -3.64. The number of amides is 1. The molecule has 1 aromatic carbocycles. The number of pyridine rings is 1. The maximum absolute atomic E-state index is 14.8. The lowest BCUT2D eigenvalue weighted by Gasteiger charge is -2.24. The minimum absolute atomic E-state index is 0.0596. The molecule has 188 valence electrons. The van der Waals surface area contributed by atoms with Crippen LogP contribution in [0.5, 0.6) is 0 Å². The average Bonchev–Trinajstić information content (AvgIpc) is 3.55. The summed E-state index contributed by atoms with van der Waals surface area (Å²) in [6.07, 6.45) is 5.69. The van der Waals surface area contributed by atoms with Crippen LogP contribution in [0.2, 0.25) is 0 Å². The highest BCUT2D eigenvalue weighted by Crippen LogP contribution is 2.30. The SMILES string of the molecule is CN(Cc1cc(-c2ccccc2F)n(S(=O)(=O)c2cncc(C#CC3CC3)c2)c1)C(=O)OC(C)(C)C. The summed E-state index contributed by atoms with van der Waals surface area (Å²) in [5.74, 6) is 5.87. The van der Waals surface area contributed by atoms with Gasteiger partial charge >= 0.3 is 6.09 Å². The second-order valence-corrected chi connectivity index (χ2v) is 11.6. The molecule has 4 rings (SSSR count). The fraction of sp³-hybridized carbons (Fsp3) is 0.333. The number of halogens is 1. The summed E-state index contributed by atoms with van der Waals surface area (Å²) in [6, 6.07) is 8.96. The summed E-state index contributed by atoms with van der Waals surface area (Å²) in [4.78, 5) is 17.8. The third-order valence-corrected chi connectivity index (χ3v) is 7.02. The van der Waals surface area contributed by atoms with Crippen LogP contribution in [-0.4, -0.2) is 41.0 Å². The zero-order valence-electron chi connectivity index (χ0n) is 20.7. The Morgan fingerprint density at radius 1 is 1.22 bits per heavy atom. The van der Waals surface area contributed by atoms with Crippen molar-refractivity contribution in [2.45, 2.75) is 50.7 Å². The largest absolute Gasteiger partial charge is 0.444 e. The van der Waals surface area contributed by atoms with Crippen LogP contribution in [0, 0.1) is 23.6 Å². The first-order valence-corrected chi connectivity index (χ1v) is 13.0. The molecule has 3 aromatic rings. The Labute approximate surface area is 211 Å². The van der Waals surface area contributed by atoms with Crippen molar-refractivity contribution in [2.24, 2.45) is 5.92 Å². The first kappa shape index (κ1) is 25.5. The predicted molar refractivity (Wildman–Crippen MR) is 134 cm³/mol. The summed E-state index contributed by atoms with van der Waals surface area (Å²) in [7, 11) is -2.61. The van der Waals surface area contributed by atoms with E-state index in [-0.39, 0.29) is 22.7 Å². The number of rotatable bonds is 5. The summed E-state index contributed by atoms with van der Waals surface area (Å²) in [5.41, 5.74) is 0.551. The molecule has 2 heterocycles. The molecule has 0 saturated heterocycles. The number of hydrogen-bond acceptors (Lipinski definition) is 5. The summed E-state index contributed by atoms with van der Waals surface area (Å²) < 4.78 is 48.6. The van der Waals surface area contributed by atoms with E-state index in [1.54, 1.807) is 40.0 Å². The highest BCUT2D eigenvalue weighted by molar-refractivity contribution is 7.90. The van der Waals surface area contributed by atoms with Crippen LogP contribution in [0.4, 0.5) is 9.18 Å². The standard InChI is InChI=1S/C27H28FN3O4S/c1-27(2,3)35-26(32)30(4)17-21-14-25(23-7-5-6-8-24(23)28)31(18-21)36(33,34)22-13-20(15-29-16-22)12-11-19-9-10-19/h5-8,13-16,18-19H,9-10,17H2,1-4H3. The molecule has 2 aromatic heterocycles. The highest BCUT2D eigenvalue weighted by Gasteiger charge is 2.26. The van der Waals surface area contributed by atoms with E-state index in [1.165, 1.54) is 47.8 Å². The second kappa shape index (κ2) is 9.78. The van der Waals surface area contributed by atoms with Gasteiger partial charge in [-0.2, -0.15) is 0 Å². The fourth-order valence-corrected chi connectivity index (χ4v) is 4.86. The van der Waals surface area contributed by atoms with Gasteiger partial charge in [-0.05, 0) is 63.4 Å². The molecule has 36 heavy (non-hydrogen) atoms. The van der Waals surface area contributed by atoms with E-state index in [0.29, 0.717) is 17.0 Å². The number of nitrogens with zero attached hydrogens (tertiary/aromatic N) is 3. The molecule has 0 radical (unpaired) electrons. The van der Waals surface area contributed by atoms with Gasteiger partial charge in [0.25, 0.3) is 10.0 Å². The van der Waals surface area contributed by atoms with E-state index in [4.69, 9.17) is 4.74 Å². The first-order chi connectivity index (χ1) is 16.9. The number of benzene rings is 1. The number of aromatic nitrogens is 2. The normalized spacial score (nSPS) is 13.6. The Morgan fingerprint density at radius 3 is 2.61 bits per heavy atom. The van der Waals surface area contributed by atoms with E-state index in [2.05, 4.69) is 16.8 Å². The lowest BCUT2D eigenvalue weighted by molar-refractivity contribution is 0.0285. The van der Waals surface area contributed by atoms with Crippen LogP contribution in [0.15, 0.2) is 59.9 Å². The van der Waals surface area contributed by atoms with Gasteiger partial charge in [0.05, 0.1) is 12.2 Å². The van der Waals surface area contributed by atoms with Crippen molar-refractivity contribution in [1.29, 1.82) is 0 Å². The zero-order valence-corrected chi connectivity index (χ0v) is 21.5. The summed E-state index contributed by atoms with van der Waals surface area (Å²) in [6.45, 7) is 5.34. The molecule has 0 atom stereocenters. The lowest BCUT2D eigenvalue weighted by atomic mass is 10.1. The van der Waals surface area contributed by atoms with Gasteiger partial charge in [0, 0.05) is 42.7 Å². The molecule has 0 bridgehead atoms. The van der Waals surface area contributed by atoms with Crippen molar-refractivity contribution < 1.29 is 22.3 Å². The van der Waals surface area contributed by atoms with E-state index in [1.807, 2.05) is 0 Å². The van der Waals surface area contributed by atoms with Crippen molar-refractivity contribution in [2.75, 3.05) is 7.05 Å². The van der Waals surface area contributed by atoms with Gasteiger partial charge in [-0.25, -0.2) is 21.6 Å². The van der Waals surface area contributed by atoms with Gasteiger partial charge in [0.2, 0.25) is 0 Å². The summed E-state index contributed by atoms with van der Waals surface area (Å²) >= 11 is 0. The van der Waals surface area contributed by atoms with Crippen molar-refractivity contribution in [3.63, 3.8) is 0 Å². The molecule has 1 amide bonds. The second-order valence-electron chi connectivity index (χ2n) is 9.80. The van der Waals surface area contributed by atoms with E-state index >= 15 is 0 Å². The Balaban J connectivity index is 1.74. The maximum Gasteiger partial charge on any atom is 0.410 e. The summed E-state index contributed by atoms with van der Waals surface area (Å²) in [5, 5.41) is 0. The smallest absolute Gasteiger partial charge is 0.410 e. The van der Waals surface area contributed by atoms with E-state index in [9.17, 15) is 17.6 Å². The van der Waals surface area contributed by atoms with Gasteiger partial charge in [-0.3, -0.25) is 4.98 Å². The topological polar surface area (TPSA) is 81.5 Å². The predicted octanol–water partition coefficient (Wildman–Crippen LogP) is 5.05. The van der Waals surface area contributed by atoms with Gasteiger partial charge in [-0.15, -0.1) is 0 Å². The number of carbonyl (C=O) groups excluding carboxylic acids is 1. The van der Waals surface area contributed by atoms with Crippen LogP contribution >= 0.6 is 0 Å². The Morgan fingerprint density at radius 2 is 1.94 bits per heavy atom. The van der Waals surface area contributed by atoms with E-state index in [0.717, 1.165) is 16.8 Å². The minimum atomic E-state index is -4.16. The average molecular weight is 510 g/mol. The first-order valence-electron chi connectivity index (χ1n) is 11.6. The molecule has 1 fully saturated rings.